The SMILES string of the molecule is NC(=O)N(c1ccc2c(O)cc(S(=O)(=O)Cl)cc2c1)c1ccc2c(O)cc(S(=O)(=O)Cl)cc2c1. The Kier molecular flexibility index (Phi) is 5.76. The molecule has 0 aliphatic carbocycles. The first-order chi connectivity index (χ1) is 15.8. The lowest BCUT2D eigenvalue weighted by molar-refractivity contribution is 0.256. The fraction of sp³-hybridized carbons (Fsp3) is 0. The quantitative estimate of drug-likeness (QED) is 0.322. The predicted molar refractivity (Wildman–Crippen MR) is 129 cm³/mol. The zero-order valence-corrected chi connectivity index (χ0v) is 20.0. The van der Waals surface area contributed by atoms with E-state index in [-0.39, 0.29) is 43.4 Å². The van der Waals surface area contributed by atoms with E-state index < -0.39 is 24.1 Å². The minimum Gasteiger partial charge on any atom is -0.507 e. The number of halogens is 2. The van der Waals surface area contributed by atoms with Crippen LogP contribution >= 0.6 is 21.4 Å². The van der Waals surface area contributed by atoms with Gasteiger partial charge in [0.15, 0.2) is 0 Å². The van der Waals surface area contributed by atoms with E-state index in [1.165, 1.54) is 48.5 Å². The molecule has 0 spiro atoms. The molecule has 4 aromatic carbocycles. The molecule has 0 saturated heterocycles. The lowest BCUT2D eigenvalue weighted by atomic mass is 10.1. The average molecular weight is 541 g/mol. The van der Waals surface area contributed by atoms with Crippen molar-refractivity contribution in [1.82, 2.24) is 0 Å². The van der Waals surface area contributed by atoms with Crippen molar-refractivity contribution in [2.24, 2.45) is 5.73 Å². The summed E-state index contributed by atoms with van der Waals surface area (Å²) < 4.78 is 46.9. The third-order valence-corrected chi connectivity index (χ3v) is 7.74. The van der Waals surface area contributed by atoms with Crippen molar-refractivity contribution in [3.05, 3.63) is 60.7 Å². The predicted octanol–water partition coefficient (Wildman–Crippen LogP) is 4.48. The first-order valence-corrected chi connectivity index (χ1v) is 13.9. The molecule has 0 saturated carbocycles. The Balaban J connectivity index is 1.92. The third-order valence-electron chi connectivity index (χ3n) is 5.08. The zero-order valence-electron chi connectivity index (χ0n) is 16.8. The Morgan fingerprint density at radius 1 is 0.706 bits per heavy atom. The summed E-state index contributed by atoms with van der Waals surface area (Å²) in [5.41, 5.74) is 6.03. The summed E-state index contributed by atoms with van der Waals surface area (Å²) in [4.78, 5) is 12.8. The summed E-state index contributed by atoms with van der Waals surface area (Å²) in [7, 11) is 2.51. The smallest absolute Gasteiger partial charge is 0.323 e. The number of rotatable bonds is 4. The standard InChI is InChI=1S/C21H14Cl2N2O7S2/c22-33(29,30)15-7-11-5-13(1-3-17(11)19(26)9-15)25(21(24)28)14-2-4-18-12(6-14)8-16(10-20(18)27)34(23,31)32/h1-10,26-27H,(H2,24,28). The number of benzene rings is 4. The molecule has 0 heterocycles. The minimum atomic E-state index is -4.14. The van der Waals surface area contributed by atoms with Crippen molar-refractivity contribution in [3.63, 3.8) is 0 Å². The third kappa shape index (κ3) is 4.42. The molecule has 176 valence electrons. The van der Waals surface area contributed by atoms with Crippen LogP contribution in [-0.2, 0) is 18.1 Å². The molecule has 0 fully saturated rings. The van der Waals surface area contributed by atoms with E-state index in [1.54, 1.807) is 0 Å². The van der Waals surface area contributed by atoms with E-state index in [0.29, 0.717) is 10.8 Å². The molecule has 0 bridgehead atoms. The summed E-state index contributed by atoms with van der Waals surface area (Å²) in [5, 5.41) is 21.5. The zero-order chi connectivity index (χ0) is 25.0. The number of amides is 2. The number of anilines is 2. The van der Waals surface area contributed by atoms with Gasteiger partial charge in [0.05, 0.1) is 21.2 Å². The lowest BCUT2D eigenvalue weighted by Crippen LogP contribution is -2.31. The number of primary amides is 1. The van der Waals surface area contributed by atoms with Crippen LogP contribution in [-0.4, -0.2) is 33.1 Å². The highest BCUT2D eigenvalue weighted by atomic mass is 35.7. The fourth-order valence-corrected chi connectivity index (χ4v) is 5.16. The van der Waals surface area contributed by atoms with E-state index in [0.717, 1.165) is 17.0 Å². The highest BCUT2D eigenvalue weighted by Crippen LogP contribution is 2.37. The number of hydrogen-bond donors (Lipinski definition) is 3. The van der Waals surface area contributed by atoms with Gasteiger partial charge in [-0.1, -0.05) is 0 Å². The van der Waals surface area contributed by atoms with E-state index in [1.807, 2.05) is 0 Å². The molecule has 34 heavy (non-hydrogen) atoms. The first-order valence-electron chi connectivity index (χ1n) is 9.28. The van der Waals surface area contributed by atoms with Gasteiger partial charge < -0.3 is 15.9 Å². The van der Waals surface area contributed by atoms with E-state index in [9.17, 15) is 31.8 Å². The highest BCUT2D eigenvalue weighted by Gasteiger charge is 2.20. The Morgan fingerprint density at radius 2 is 1.09 bits per heavy atom. The monoisotopic (exact) mass is 540 g/mol. The van der Waals surface area contributed by atoms with Gasteiger partial charge in [-0.3, -0.25) is 4.90 Å². The van der Waals surface area contributed by atoms with E-state index >= 15 is 0 Å². The number of urea groups is 1. The maximum absolute atomic E-state index is 12.4. The van der Waals surface area contributed by atoms with Gasteiger partial charge in [-0.2, -0.15) is 0 Å². The van der Waals surface area contributed by atoms with Crippen LogP contribution < -0.4 is 10.6 Å². The number of phenolic OH excluding ortho intramolecular Hbond substituents is 2. The number of aromatic hydroxyl groups is 2. The molecule has 4 aromatic rings. The topological polar surface area (TPSA) is 155 Å². The van der Waals surface area contributed by atoms with Gasteiger partial charge >= 0.3 is 6.03 Å². The normalized spacial score (nSPS) is 12.2. The van der Waals surface area contributed by atoms with Crippen LogP contribution in [0.4, 0.5) is 16.2 Å². The van der Waals surface area contributed by atoms with Crippen molar-refractivity contribution < 1.29 is 31.8 Å². The largest absolute Gasteiger partial charge is 0.507 e. The molecular weight excluding hydrogens is 527 g/mol. The Labute approximate surface area is 202 Å². The Bertz CT molecular complexity index is 1600. The van der Waals surface area contributed by atoms with Crippen LogP contribution in [0.2, 0.25) is 0 Å². The maximum Gasteiger partial charge on any atom is 0.323 e. The van der Waals surface area contributed by atoms with Gasteiger partial charge in [-0.15, -0.1) is 0 Å². The summed E-state index contributed by atoms with van der Waals surface area (Å²) in [6.45, 7) is 0. The Hall–Kier alpha value is -3.25. The molecule has 9 nitrogen and oxygen atoms in total. The van der Waals surface area contributed by atoms with Gasteiger partial charge in [0.1, 0.15) is 11.5 Å². The number of carbonyl (C=O) groups is 1. The minimum absolute atomic E-state index is 0.216. The van der Waals surface area contributed by atoms with Crippen LogP contribution in [0.3, 0.4) is 0 Å². The molecule has 0 atom stereocenters. The first kappa shape index (κ1) is 23.9. The van der Waals surface area contributed by atoms with Crippen LogP contribution in [0.15, 0.2) is 70.5 Å². The number of nitrogens with two attached hydrogens (primary N) is 1. The molecule has 0 radical (unpaired) electrons. The van der Waals surface area contributed by atoms with Crippen molar-refractivity contribution in [2.45, 2.75) is 9.79 Å². The molecule has 0 unspecified atom stereocenters. The second-order valence-corrected chi connectivity index (χ2v) is 12.4. The summed E-state index contributed by atoms with van der Waals surface area (Å²) >= 11 is 0. The molecule has 0 aromatic heterocycles. The molecular formula is C21H14Cl2N2O7S2. The summed E-state index contributed by atoms with van der Waals surface area (Å²) in [6.07, 6.45) is 0. The Morgan fingerprint density at radius 3 is 1.41 bits per heavy atom. The summed E-state index contributed by atoms with van der Waals surface area (Å²) in [5.74, 6) is -0.658. The molecule has 13 heteroatoms. The number of carbonyl (C=O) groups excluding carboxylic acids is 1. The number of hydrogen-bond acceptors (Lipinski definition) is 7. The molecule has 4 N–H and O–H groups in total. The summed E-state index contributed by atoms with van der Waals surface area (Å²) in [6, 6.07) is 12.3. The highest BCUT2D eigenvalue weighted by molar-refractivity contribution is 8.14. The molecule has 4 rings (SSSR count). The van der Waals surface area contributed by atoms with Gasteiger partial charge in [-0.05, 0) is 59.3 Å². The van der Waals surface area contributed by atoms with Crippen molar-refractivity contribution in [3.8, 4) is 11.5 Å². The maximum atomic E-state index is 12.4. The second kappa shape index (κ2) is 8.20. The van der Waals surface area contributed by atoms with Gasteiger partial charge in [0.25, 0.3) is 18.1 Å². The van der Waals surface area contributed by atoms with Gasteiger partial charge in [0.2, 0.25) is 0 Å². The van der Waals surface area contributed by atoms with Crippen LogP contribution in [0.25, 0.3) is 21.5 Å². The van der Waals surface area contributed by atoms with Gasteiger partial charge in [-0.25, -0.2) is 21.6 Å². The van der Waals surface area contributed by atoms with Crippen LogP contribution in [0, 0.1) is 0 Å². The number of nitrogens with zero attached hydrogens (tertiary/aromatic N) is 1. The van der Waals surface area contributed by atoms with E-state index in [2.05, 4.69) is 0 Å². The van der Waals surface area contributed by atoms with Crippen LogP contribution in [0.5, 0.6) is 11.5 Å². The molecule has 2 amide bonds. The lowest BCUT2D eigenvalue weighted by Gasteiger charge is -2.22. The fourth-order valence-electron chi connectivity index (χ4n) is 3.58. The van der Waals surface area contributed by atoms with Gasteiger partial charge in [0, 0.05) is 44.3 Å². The number of phenols is 2. The average Bonchev–Trinajstić information content (AvgIpc) is 2.72. The van der Waals surface area contributed by atoms with Crippen LogP contribution in [0.1, 0.15) is 0 Å². The van der Waals surface area contributed by atoms with E-state index in [4.69, 9.17) is 27.1 Å². The molecule has 0 aliphatic heterocycles. The van der Waals surface area contributed by atoms with Crippen molar-refractivity contribution >= 4 is 78.4 Å². The number of fused-ring (bicyclic) bond motifs is 2. The second-order valence-electron chi connectivity index (χ2n) is 7.25. The van der Waals surface area contributed by atoms with Crippen molar-refractivity contribution in [1.29, 1.82) is 0 Å². The molecule has 0 aliphatic rings. The van der Waals surface area contributed by atoms with Crippen molar-refractivity contribution in [2.75, 3.05) is 4.90 Å².